The Morgan fingerprint density at radius 1 is 1.56 bits per heavy atom. The van der Waals surface area contributed by atoms with E-state index in [0.717, 1.165) is 31.9 Å². The SMILES string of the molecule is CC(C)CC(C)NC(=O)c1cn2c(n1)NCCC2. The molecule has 100 valence electrons. The minimum atomic E-state index is -0.0770. The van der Waals surface area contributed by atoms with Crippen LogP contribution in [-0.2, 0) is 6.54 Å². The number of hydrogen-bond acceptors (Lipinski definition) is 3. The van der Waals surface area contributed by atoms with Gasteiger partial charge in [0.1, 0.15) is 5.69 Å². The molecule has 1 aromatic rings. The Morgan fingerprint density at radius 3 is 3.00 bits per heavy atom. The van der Waals surface area contributed by atoms with Crippen molar-refractivity contribution in [1.29, 1.82) is 0 Å². The Bertz CT molecular complexity index is 401. The van der Waals surface area contributed by atoms with Crippen molar-refractivity contribution in [3.8, 4) is 0 Å². The van der Waals surface area contributed by atoms with Gasteiger partial charge in [0.25, 0.3) is 5.91 Å². The third kappa shape index (κ3) is 3.03. The van der Waals surface area contributed by atoms with E-state index in [-0.39, 0.29) is 11.9 Å². The van der Waals surface area contributed by atoms with Crippen molar-refractivity contribution in [2.24, 2.45) is 5.92 Å². The van der Waals surface area contributed by atoms with Gasteiger partial charge in [-0.3, -0.25) is 4.79 Å². The van der Waals surface area contributed by atoms with Crippen LogP contribution in [0.3, 0.4) is 0 Å². The van der Waals surface area contributed by atoms with E-state index in [1.54, 1.807) is 0 Å². The van der Waals surface area contributed by atoms with Gasteiger partial charge in [-0.1, -0.05) is 13.8 Å². The van der Waals surface area contributed by atoms with Crippen molar-refractivity contribution in [3.63, 3.8) is 0 Å². The maximum atomic E-state index is 12.0. The Balaban J connectivity index is 1.98. The minimum absolute atomic E-state index is 0.0770. The summed E-state index contributed by atoms with van der Waals surface area (Å²) in [4.78, 5) is 16.4. The second kappa shape index (κ2) is 5.42. The highest BCUT2D eigenvalue weighted by molar-refractivity contribution is 5.92. The third-order valence-electron chi connectivity index (χ3n) is 3.07. The first-order valence-electron chi connectivity index (χ1n) is 6.68. The van der Waals surface area contributed by atoms with Crippen LogP contribution in [-0.4, -0.2) is 28.0 Å². The van der Waals surface area contributed by atoms with E-state index in [1.807, 2.05) is 17.7 Å². The molecule has 2 heterocycles. The summed E-state index contributed by atoms with van der Waals surface area (Å²) in [7, 11) is 0. The number of nitrogens with one attached hydrogen (secondary N) is 2. The lowest BCUT2D eigenvalue weighted by Gasteiger charge is -2.14. The zero-order valence-corrected chi connectivity index (χ0v) is 11.4. The highest BCUT2D eigenvalue weighted by atomic mass is 16.2. The highest BCUT2D eigenvalue weighted by Gasteiger charge is 2.17. The number of amides is 1. The van der Waals surface area contributed by atoms with Gasteiger partial charge in [-0.15, -0.1) is 0 Å². The molecule has 2 rings (SSSR count). The number of anilines is 1. The summed E-state index contributed by atoms with van der Waals surface area (Å²) < 4.78 is 2.01. The molecule has 1 aliphatic heterocycles. The van der Waals surface area contributed by atoms with E-state index < -0.39 is 0 Å². The van der Waals surface area contributed by atoms with Crippen LogP contribution >= 0.6 is 0 Å². The quantitative estimate of drug-likeness (QED) is 0.857. The average Bonchev–Trinajstić information content (AvgIpc) is 2.71. The van der Waals surface area contributed by atoms with E-state index in [4.69, 9.17) is 0 Å². The van der Waals surface area contributed by atoms with Crippen LogP contribution in [0.15, 0.2) is 6.20 Å². The van der Waals surface area contributed by atoms with Crippen molar-refractivity contribution in [2.45, 2.75) is 46.2 Å². The first-order valence-corrected chi connectivity index (χ1v) is 6.68. The molecular weight excluding hydrogens is 228 g/mol. The first kappa shape index (κ1) is 12.9. The fourth-order valence-corrected chi connectivity index (χ4v) is 2.35. The largest absolute Gasteiger partial charge is 0.356 e. The minimum Gasteiger partial charge on any atom is -0.356 e. The first-order chi connectivity index (χ1) is 8.56. The summed E-state index contributed by atoms with van der Waals surface area (Å²) in [6.45, 7) is 8.21. The molecular formula is C13H22N4O. The molecule has 0 bridgehead atoms. The maximum absolute atomic E-state index is 12.0. The number of rotatable bonds is 4. The molecule has 1 aromatic heterocycles. The predicted octanol–water partition coefficient (Wildman–Crippen LogP) is 1.86. The number of aromatic nitrogens is 2. The van der Waals surface area contributed by atoms with Crippen LogP contribution < -0.4 is 10.6 Å². The second-order valence-electron chi connectivity index (χ2n) is 5.43. The van der Waals surface area contributed by atoms with E-state index in [0.29, 0.717) is 11.6 Å². The smallest absolute Gasteiger partial charge is 0.271 e. The number of nitrogens with zero attached hydrogens (tertiary/aromatic N) is 2. The Morgan fingerprint density at radius 2 is 2.33 bits per heavy atom. The van der Waals surface area contributed by atoms with Crippen molar-refractivity contribution in [2.75, 3.05) is 11.9 Å². The zero-order valence-electron chi connectivity index (χ0n) is 11.4. The highest BCUT2D eigenvalue weighted by Crippen LogP contribution is 2.14. The molecule has 1 aliphatic rings. The maximum Gasteiger partial charge on any atom is 0.271 e. The van der Waals surface area contributed by atoms with Crippen molar-refractivity contribution in [1.82, 2.24) is 14.9 Å². The summed E-state index contributed by atoms with van der Waals surface area (Å²) in [5.74, 6) is 1.31. The van der Waals surface area contributed by atoms with E-state index in [1.165, 1.54) is 0 Å². The molecule has 0 fully saturated rings. The van der Waals surface area contributed by atoms with Gasteiger partial charge in [0.05, 0.1) is 0 Å². The number of carbonyl (C=O) groups excluding carboxylic acids is 1. The molecule has 2 N–H and O–H groups in total. The number of aryl methyl sites for hydroxylation is 1. The zero-order chi connectivity index (χ0) is 13.1. The van der Waals surface area contributed by atoms with Gasteiger partial charge in [0.15, 0.2) is 0 Å². The molecule has 0 aliphatic carbocycles. The summed E-state index contributed by atoms with van der Waals surface area (Å²) in [6, 6.07) is 0.184. The second-order valence-corrected chi connectivity index (χ2v) is 5.43. The lowest BCUT2D eigenvalue weighted by molar-refractivity contribution is 0.0931. The van der Waals surface area contributed by atoms with Gasteiger partial charge < -0.3 is 15.2 Å². The molecule has 0 aromatic carbocycles. The number of hydrogen-bond donors (Lipinski definition) is 2. The van der Waals surface area contributed by atoms with Crippen LogP contribution in [0.25, 0.3) is 0 Å². The third-order valence-corrected chi connectivity index (χ3v) is 3.07. The summed E-state index contributed by atoms with van der Waals surface area (Å²) in [5, 5.41) is 6.19. The number of carbonyl (C=O) groups is 1. The van der Waals surface area contributed by atoms with Gasteiger partial charge >= 0.3 is 0 Å². The summed E-state index contributed by atoms with van der Waals surface area (Å²) in [5.41, 5.74) is 0.509. The predicted molar refractivity (Wildman–Crippen MR) is 71.7 cm³/mol. The molecule has 0 spiro atoms. The van der Waals surface area contributed by atoms with Gasteiger partial charge in [-0.05, 0) is 25.7 Å². The molecule has 18 heavy (non-hydrogen) atoms. The van der Waals surface area contributed by atoms with Crippen molar-refractivity contribution < 1.29 is 4.79 Å². The summed E-state index contributed by atoms with van der Waals surface area (Å²) >= 11 is 0. The average molecular weight is 250 g/mol. The fourth-order valence-electron chi connectivity index (χ4n) is 2.35. The topological polar surface area (TPSA) is 59.0 Å². The molecule has 1 amide bonds. The van der Waals surface area contributed by atoms with Gasteiger partial charge in [0.2, 0.25) is 5.95 Å². The standard InChI is InChI=1S/C13H22N4O/c1-9(2)7-10(3)15-12(18)11-8-17-6-4-5-14-13(17)16-11/h8-10H,4-7H2,1-3H3,(H,14,16)(H,15,18). The van der Waals surface area contributed by atoms with Crippen molar-refractivity contribution in [3.05, 3.63) is 11.9 Å². The van der Waals surface area contributed by atoms with E-state index >= 15 is 0 Å². The molecule has 0 saturated heterocycles. The monoisotopic (exact) mass is 250 g/mol. The Labute approximate surface area is 108 Å². The number of imidazole rings is 1. The molecule has 5 heteroatoms. The van der Waals surface area contributed by atoms with E-state index in [2.05, 4.69) is 29.5 Å². The summed E-state index contributed by atoms with van der Waals surface area (Å²) in [6.07, 6.45) is 3.89. The molecule has 1 unspecified atom stereocenters. The molecule has 0 saturated carbocycles. The normalized spacial score (nSPS) is 16.0. The van der Waals surface area contributed by atoms with Crippen molar-refractivity contribution >= 4 is 11.9 Å². The van der Waals surface area contributed by atoms with Crippen LogP contribution in [0.1, 0.15) is 44.1 Å². The van der Waals surface area contributed by atoms with E-state index in [9.17, 15) is 4.79 Å². The fraction of sp³-hybridized carbons (Fsp3) is 0.692. The molecule has 1 atom stereocenters. The van der Waals surface area contributed by atoms with Gasteiger partial charge in [-0.25, -0.2) is 4.98 Å². The van der Waals surface area contributed by atoms with Crippen LogP contribution in [0.5, 0.6) is 0 Å². The van der Waals surface area contributed by atoms with Crippen LogP contribution in [0.2, 0.25) is 0 Å². The van der Waals surface area contributed by atoms with Gasteiger partial charge in [0, 0.05) is 25.3 Å². The van der Waals surface area contributed by atoms with Gasteiger partial charge in [-0.2, -0.15) is 0 Å². The molecule has 5 nitrogen and oxygen atoms in total. The Kier molecular flexibility index (Phi) is 3.89. The Hall–Kier alpha value is -1.52. The molecule has 0 radical (unpaired) electrons. The van der Waals surface area contributed by atoms with Crippen LogP contribution in [0, 0.1) is 5.92 Å². The lowest BCUT2D eigenvalue weighted by atomic mass is 10.1. The van der Waals surface area contributed by atoms with Crippen LogP contribution in [0.4, 0.5) is 5.95 Å². The number of fused-ring (bicyclic) bond motifs is 1. The lowest BCUT2D eigenvalue weighted by Crippen LogP contribution is -2.33.